The molecular weight excluding hydrogens is 262 g/mol. The van der Waals surface area contributed by atoms with E-state index >= 15 is 0 Å². The summed E-state index contributed by atoms with van der Waals surface area (Å²) in [6.07, 6.45) is 0. The number of aromatic nitrogens is 5. The van der Waals surface area contributed by atoms with Crippen molar-refractivity contribution in [1.82, 2.24) is 25.8 Å². The molecule has 0 aliphatic carbocycles. The van der Waals surface area contributed by atoms with Crippen molar-refractivity contribution < 1.29 is 14.3 Å². The highest BCUT2D eigenvalue weighted by Gasteiger charge is 2.20. The standard InChI is InChI=1S/C7H9N7O3S/c1-3-5(13-17-14(3)16)6-9-7(12-11-6)18-2-4(15)10-8/h2,8H2,1H3,(H,10,15)(H,9,11,12). The van der Waals surface area contributed by atoms with Gasteiger partial charge in [-0.1, -0.05) is 11.8 Å². The van der Waals surface area contributed by atoms with Crippen LogP contribution in [0.3, 0.4) is 0 Å². The molecule has 0 aliphatic rings. The van der Waals surface area contributed by atoms with Crippen molar-refractivity contribution in [3.8, 4) is 11.5 Å². The highest BCUT2D eigenvalue weighted by Crippen LogP contribution is 2.18. The molecule has 11 heteroatoms. The number of nitrogens with zero attached hydrogens (tertiary/aromatic N) is 4. The number of hydrazine groups is 1. The van der Waals surface area contributed by atoms with E-state index in [1.54, 1.807) is 0 Å². The molecule has 0 spiro atoms. The minimum Gasteiger partial charge on any atom is -0.359 e. The van der Waals surface area contributed by atoms with E-state index in [-0.39, 0.29) is 28.0 Å². The zero-order valence-corrected chi connectivity index (χ0v) is 10.0. The Balaban J connectivity index is 2.11. The summed E-state index contributed by atoms with van der Waals surface area (Å²) in [7, 11) is 0. The van der Waals surface area contributed by atoms with Gasteiger partial charge < -0.3 is 5.21 Å². The Bertz CT molecular complexity index is 565. The van der Waals surface area contributed by atoms with E-state index in [2.05, 4.69) is 25.0 Å². The first-order valence-electron chi connectivity index (χ1n) is 4.73. The summed E-state index contributed by atoms with van der Waals surface area (Å²) in [6.45, 7) is 1.54. The topological polar surface area (TPSA) is 150 Å². The van der Waals surface area contributed by atoms with E-state index in [1.807, 2.05) is 5.43 Å². The van der Waals surface area contributed by atoms with Crippen molar-refractivity contribution in [3.63, 3.8) is 0 Å². The fourth-order valence-corrected chi connectivity index (χ4v) is 1.70. The molecule has 0 saturated carbocycles. The first kappa shape index (κ1) is 12.3. The van der Waals surface area contributed by atoms with Crippen molar-refractivity contribution in [2.45, 2.75) is 12.1 Å². The van der Waals surface area contributed by atoms with E-state index in [9.17, 15) is 10.0 Å². The number of amides is 1. The summed E-state index contributed by atoms with van der Waals surface area (Å²) in [5.41, 5.74) is 2.53. The molecule has 2 rings (SSSR count). The van der Waals surface area contributed by atoms with Crippen LogP contribution in [0.25, 0.3) is 11.5 Å². The van der Waals surface area contributed by atoms with Gasteiger partial charge in [0.15, 0.2) is 0 Å². The molecule has 2 aromatic rings. The Morgan fingerprint density at radius 3 is 3.11 bits per heavy atom. The van der Waals surface area contributed by atoms with Gasteiger partial charge in [0, 0.05) is 12.1 Å². The average molecular weight is 271 g/mol. The molecule has 0 unspecified atom stereocenters. The second-order valence-electron chi connectivity index (χ2n) is 3.19. The highest BCUT2D eigenvalue weighted by atomic mass is 32.2. The lowest BCUT2D eigenvalue weighted by Crippen LogP contribution is -2.31. The molecular formula is C7H9N7O3S. The third-order valence-electron chi connectivity index (χ3n) is 2.01. The van der Waals surface area contributed by atoms with Gasteiger partial charge in [0.2, 0.25) is 22.6 Å². The smallest absolute Gasteiger partial charge is 0.287 e. The fourth-order valence-electron chi connectivity index (χ4n) is 1.09. The molecule has 0 aromatic carbocycles. The van der Waals surface area contributed by atoms with Crippen molar-refractivity contribution in [2.75, 3.05) is 5.75 Å². The van der Waals surface area contributed by atoms with Crippen LogP contribution in [0, 0.1) is 12.1 Å². The van der Waals surface area contributed by atoms with Gasteiger partial charge >= 0.3 is 0 Å². The number of H-pyrrole nitrogens is 1. The normalized spacial score (nSPS) is 10.6. The summed E-state index contributed by atoms with van der Waals surface area (Å²) < 4.78 is 4.41. The second kappa shape index (κ2) is 5.01. The molecule has 0 radical (unpaired) electrons. The molecule has 1 amide bonds. The predicted molar refractivity (Wildman–Crippen MR) is 58.6 cm³/mol. The molecule has 0 saturated heterocycles. The maximum absolute atomic E-state index is 11.0. The number of nitrogens with one attached hydrogen (secondary N) is 2. The summed E-state index contributed by atoms with van der Waals surface area (Å²) in [5, 5.41) is 21.4. The monoisotopic (exact) mass is 271 g/mol. The van der Waals surface area contributed by atoms with E-state index in [0.717, 1.165) is 11.8 Å². The summed E-state index contributed by atoms with van der Waals surface area (Å²) in [5.74, 6) is 4.97. The molecule has 2 aromatic heterocycles. The van der Waals surface area contributed by atoms with Gasteiger partial charge in [-0.15, -0.1) is 5.10 Å². The second-order valence-corrected chi connectivity index (χ2v) is 4.13. The largest absolute Gasteiger partial charge is 0.359 e. The van der Waals surface area contributed by atoms with Gasteiger partial charge in [-0.2, -0.15) is 4.98 Å². The van der Waals surface area contributed by atoms with Gasteiger partial charge in [-0.3, -0.25) is 19.9 Å². The van der Waals surface area contributed by atoms with Crippen LogP contribution in [0.1, 0.15) is 5.69 Å². The van der Waals surface area contributed by atoms with Crippen LogP contribution in [0.5, 0.6) is 0 Å². The number of rotatable bonds is 4. The van der Waals surface area contributed by atoms with Crippen LogP contribution in [-0.2, 0) is 4.79 Å². The number of hydrogen-bond donors (Lipinski definition) is 3. The maximum Gasteiger partial charge on any atom is 0.287 e. The molecule has 2 heterocycles. The van der Waals surface area contributed by atoms with Crippen LogP contribution in [0.15, 0.2) is 9.79 Å². The van der Waals surface area contributed by atoms with Gasteiger partial charge in [-0.05, 0) is 4.90 Å². The SMILES string of the molecule is Cc1c(-c2nc(SCC(=O)NN)n[nH]2)no[n+]1[O-]. The first-order chi connectivity index (χ1) is 8.61. The summed E-state index contributed by atoms with van der Waals surface area (Å²) in [6, 6.07) is 0. The summed E-state index contributed by atoms with van der Waals surface area (Å²) in [4.78, 5) is 15.3. The Labute approximate surface area is 104 Å². The van der Waals surface area contributed by atoms with Gasteiger partial charge in [0.05, 0.1) is 5.75 Å². The lowest BCUT2D eigenvalue weighted by atomic mass is 10.3. The van der Waals surface area contributed by atoms with E-state index in [4.69, 9.17) is 5.84 Å². The number of thioether (sulfide) groups is 1. The summed E-state index contributed by atoms with van der Waals surface area (Å²) >= 11 is 1.09. The lowest BCUT2D eigenvalue weighted by molar-refractivity contribution is -0.806. The molecule has 4 N–H and O–H groups in total. The van der Waals surface area contributed by atoms with E-state index in [1.165, 1.54) is 6.92 Å². The molecule has 0 atom stereocenters. The predicted octanol–water partition coefficient (Wildman–Crippen LogP) is -1.52. The number of carbonyl (C=O) groups excluding carboxylic acids is 1. The number of nitrogens with two attached hydrogens (primary N) is 1. The molecule has 0 fully saturated rings. The van der Waals surface area contributed by atoms with Crippen molar-refractivity contribution in [2.24, 2.45) is 5.84 Å². The number of aromatic amines is 1. The van der Waals surface area contributed by atoms with Crippen LogP contribution < -0.4 is 16.2 Å². The Morgan fingerprint density at radius 1 is 1.72 bits per heavy atom. The van der Waals surface area contributed by atoms with Crippen LogP contribution in [0.2, 0.25) is 0 Å². The number of carbonyl (C=O) groups is 1. The van der Waals surface area contributed by atoms with Crippen LogP contribution in [-0.4, -0.2) is 32.0 Å². The Hall–Kier alpha value is -2.14. The molecule has 96 valence electrons. The van der Waals surface area contributed by atoms with Gasteiger partial charge in [0.1, 0.15) is 0 Å². The third-order valence-corrected chi connectivity index (χ3v) is 2.85. The Kier molecular flexibility index (Phi) is 3.43. The zero-order chi connectivity index (χ0) is 13.1. The fraction of sp³-hybridized carbons (Fsp3) is 0.286. The first-order valence-corrected chi connectivity index (χ1v) is 5.71. The third kappa shape index (κ3) is 2.41. The van der Waals surface area contributed by atoms with E-state index < -0.39 is 0 Å². The van der Waals surface area contributed by atoms with Crippen molar-refractivity contribution in [1.29, 1.82) is 0 Å². The van der Waals surface area contributed by atoms with Crippen molar-refractivity contribution >= 4 is 17.7 Å². The lowest BCUT2D eigenvalue weighted by Gasteiger charge is -1.94. The molecule has 0 aliphatic heterocycles. The number of hydrogen-bond acceptors (Lipinski definition) is 8. The minimum atomic E-state index is -0.346. The Morgan fingerprint density at radius 2 is 2.50 bits per heavy atom. The van der Waals surface area contributed by atoms with Gasteiger partial charge in [-0.25, -0.2) is 5.84 Å². The van der Waals surface area contributed by atoms with Crippen LogP contribution >= 0.6 is 11.8 Å². The molecule has 0 bridgehead atoms. The maximum atomic E-state index is 11.0. The quantitative estimate of drug-likeness (QED) is 0.199. The molecule has 10 nitrogen and oxygen atoms in total. The molecule has 18 heavy (non-hydrogen) atoms. The van der Waals surface area contributed by atoms with Gasteiger partial charge in [0.25, 0.3) is 5.69 Å². The average Bonchev–Trinajstić information content (AvgIpc) is 2.95. The zero-order valence-electron chi connectivity index (χ0n) is 9.21. The van der Waals surface area contributed by atoms with Crippen molar-refractivity contribution in [3.05, 3.63) is 10.9 Å². The van der Waals surface area contributed by atoms with Crippen LogP contribution in [0.4, 0.5) is 0 Å². The highest BCUT2D eigenvalue weighted by molar-refractivity contribution is 7.99. The van der Waals surface area contributed by atoms with E-state index in [0.29, 0.717) is 11.0 Å². The minimum absolute atomic E-state index is 0.0904.